The molecule has 1 saturated carbocycles. The summed E-state index contributed by atoms with van der Waals surface area (Å²) in [5, 5.41) is 15.9. The van der Waals surface area contributed by atoms with E-state index in [-0.39, 0.29) is 18.4 Å². The summed E-state index contributed by atoms with van der Waals surface area (Å²) >= 11 is 0. The van der Waals surface area contributed by atoms with Crippen molar-refractivity contribution >= 4 is 11.6 Å². The van der Waals surface area contributed by atoms with Crippen LogP contribution in [-0.4, -0.2) is 39.1 Å². The van der Waals surface area contributed by atoms with E-state index < -0.39 is 70.2 Å². The zero-order valence-corrected chi connectivity index (χ0v) is 16.8. The van der Waals surface area contributed by atoms with Crippen molar-refractivity contribution in [2.24, 2.45) is 12.5 Å². The molecule has 2 aromatic rings. The molecule has 2 bridgehead atoms. The lowest BCUT2D eigenvalue weighted by Crippen LogP contribution is -2.45. The van der Waals surface area contributed by atoms with E-state index in [1.807, 2.05) is 0 Å². The highest BCUT2D eigenvalue weighted by atomic mass is 19.4. The fourth-order valence-corrected chi connectivity index (χ4v) is 5.60. The number of carbonyl (C=O) groups is 1. The molecule has 3 fully saturated rings. The molecule has 1 aromatic heterocycles. The van der Waals surface area contributed by atoms with Gasteiger partial charge in [0, 0.05) is 30.6 Å². The maximum atomic E-state index is 14.5. The van der Waals surface area contributed by atoms with Gasteiger partial charge in [0.05, 0.1) is 35.0 Å². The van der Waals surface area contributed by atoms with Gasteiger partial charge < -0.3 is 15.2 Å². The fraction of sp³-hybridized carbons (Fsp3) is 0.500. The fourth-order valence-electron chi connectivity index (χ4n) is 5.60. The van der Waals surface area contributed by atoms with Gasteiger partial charge in [0.15, 0.2) is 11.5 Å². The van der Waals surface area contributed by atoms with Gasteiger partial charge >= 0.3 is 12.4 Å². The number of aromatic nitrogens is 2. The predicted octanol–water partition coefficient (Wildman–Crippen LogP) is 3.40. The molecule has 6 nitrogen and oxygen atoms in total. The molecular formula is C20H16F7N3O3. The van der Waals surface area contributed by atoms with Crippen LogP contribution < -0.4 is 5.32 Å². The lowest BCUT2D eigenvalue weighted by Gasteiger charge is -2.29. The second-order valence-corrected chi connectivity index (χ2v) is 8.65. The minimum absolute atomic E-state index is 0.0491. The molecule has 0 spiro atoms. The van der Waals surface area contributed by atoms with Crippen LogP contribution in [0.2, 0.25) is 0 Å². The van der Waals surface area contributed by atoms with Gasteiger partial charge in [-0.3, -0.25) is 9.48 Å². The van der Waals surface area contributed by atoms with E-state index in [1.54, 1.807) is 0 Å². The smallest absolute Gasteiger partial charge is 0.390 e. The number of aliphatic hydroxyl groups is 1. The Morgan fingerprint density at radius 2 is 1.94 bits per heavy atom. The molecule has 2 aliphatic heterocycles. The van der Waals surface area contributed by atoms with Crippen LogP contribution >= 0.6 is 0 Å². The van der Waals surface area contributed by atoms with Gasteiger partial charge in [-0.05, 0) is 18.6 Å². The van der Waals surface area contributed by atoms with Gasteiger partial charge in [-0.1, -0.05) is 6.07 Å². The number of nitrogens with one attached hydrogen (secondary N) is 1. The number of alkyl halides is 6. The molecule has 0 unspecified atom stereocenters. The van der Waals surface area contributed by atoms with Gasteiger partial charge in [-0.2, -0.15) is 31.4 Å². The molecule has 33 heavy (non-hydrogen) atoms. The second-order valence-electron chi connectivity index (χ2n) is 8.65. The van der Waals surface area contributed by atoms with Crippen molar-refractivity contribution < 1.29 is 45.4 Å². The molecule has 5 rings (SSSR count). The Morgan fingerprint density at radius 1 is 1.24 bits per heavy atom. The van der Waals surface area contributed by atoms with Crippen molar-refractivity contribution in [2.45, 2.75) is 48.9 Å². The van der Waals surface area contributed by atoms with E-state index in [0.717, 1.165) is 23.0 Å². The van der Waals surface area contributed by atoms with Crippen molar-refractivity contribution in [3.05, 3.63) is 47.0 Å². The second kappa shape index (κ2) is 6.47. The van der Waals surface area contributed by atoms with E-state index in [1.165, 1.54) is 7.05 Å². The van der Waals surface area contributed by atoms with Crippen molar-refractivity contribution in [3.63, 3.8) is 0 Å². The summed E-state index contributed by atoms with van der Waals surface area (Å²) in [6, 6.07) is 2.34. The topological polar surface area (TPSA) is 76.4 Å². The number of hydrogen-bond donors (Lipinski definition) is 2. The molecule has 3 aliphatic rings. The van der Waals surface area contributed by atoms with Crippen LogP contribution in [0.4, 0.5) is 36.4 Å². The monoisotopic (exact) mass is 479 g/mol. The maximum absolute atomic E-state index is 14.5. The Kier molecular flexibility index (Phi) is 4.34. The molecule has 0 radical (unpaired) electrons. The summed E-state index contributed by atoms with van der Waals surface area (Å²) in [5.74, 6) is -2.68. The number of carbonyl (C=O) groups excluding carboxylic acids is 1. The van der Waals surface area contributed by atoms with Gasteiger partial charge in [-0.25, -0.2) is 4.39 Å². The molecule has 1 amide bonds. The summed E-state index contributed by atoms with van der Waals surface area (Å²) < 4.78 is 101. The van der Waals surface area contributed by atoms with Crippen molar-refractivity contribution in [2.75, 3.05) is 5.32 Å². The van der Waals surface area contributed by atoms with Crippen LogP contribution in [0.5, 0.6) is 0 Å². The first-order valence-corrected chi connectivity index (χ1v) is 9.85. The standard InChI is InChI=1S/C20H16F7N3O3/c1-30-6-9(14(29-30)20(25,26)27)17-7-18(17,12-5-11(31)15(17)33-12)16(32)28-10-4-2-3-8(13(10)21)19(22,23)24/h2-4,6,11-12,15,31H,5,7H2,1H3,(H,28,32)/t11-,12+,15-,17+,18+/m0/s1. The molecule has 2 saturated heterocycles. The summed E-state index contributed by atoms with van der Waals surface area (Å²) in [5.41, 5.74) is -7.16. The molecule has 5 atom stereocenters. The van der Waals surface area contributed by atoms with Crippen LogP contribution in [0.15, 0.2) is 24.4 Å². The number of nitrogens with zero attached hydrogens (tertiary/aromatic N) is 2. The Balaban J connectivity index is 1.57. The zero-order valence-electron chi connectivity index (χ0n) is 16.8. The molecule has 2 N–H and O–H groups in total. The minimum atomic E-state index is -5.01. The zero-order chi connectivity index (χ0) is 24.1. The van der Waals surface area contributed by atoms with Gasteiger partial charge in [0.25, 0.3) is 0 Å². The quantitative estimate of drug-likeness (QED) is 0.662. The third kappa shape index (κ3) is 2.81. The maximum Gasteiger partial charge on any atom is 0.435 e. The number of rotatable bonds is 3. The lowest BCUT2D eigenvalue weighted by molar-refractivity contribution is -0.143. The summed E-state index contributed by atoms with van der Waals surface area (Å²) in [4.78, 5) is 13.3. The normalized spacial score (nSPS) is 32.7. The molecular weight excluding hydrogens is 463 g/mol. The SMILES string of the molecule is Cn1cc([C@@]23C[C@]2(C(=O)Nc2cccc(C(F)(F)F)c2F)[C@H]2C[C@H](O)[C@@H]3O2)c(C(F)(F)F)n1. The van der Waals surface area contributed by atoms with E-state index in [4.69, 9.17) is 4.74 Å². The first-order chi connectivity index (χ1) is 15.2. The van der Waals surface area contributed by atoms with Crippen molar-refractivity contribution in [3.8, 4) is 0 Å². The average molecular weight is 479 g/mol. The average Bonchev–Trinajstić information content (AvgIpc) is 2.92. The van der Waals surface area contributed by atoms with E-state index >= 15 is 0 Å². The number of anilines is 1. The number of aryl methyl sites for hydroxylation is 1. The van der Waals surface area contributed by atoms with Gasteiger partial charge in [0.1, 0.15) is 0 Å². The molecule has 1 aliphatic carbocycles. The molecule has 1 aromatic carbocycles. The largest absolute Gasteiger partial charge is 0.435 e. The summed E-state index contributed by atoms with van der Waals surface area (Å²) in [7, 11) is 1.27. The number of aliphatic hydroxyl groups excluding tert-OH is 1. The lowest BCUT2D eigenvalue weighted by atomic mass is 9.73. The molecule has 13 heteroatoms. The molecule has 3 heterocycles. The van der Waals surface area contributed by atoms with Crippen LogP contribution in [0.25, 0.3) is 0 Å². The van der Waals surface area contributed by atoms with Crippen LogP contribution in [-0.2, 0) is 34.3 Å². The number of hydrogen-bond acceptors (Lipinski definition) is 4. The first-order valence-electron chi connectivity index (χ1n) is 9.85. The van der Waals surface area contributed by atoms with Gasteiger partial charge in [-0.15, -0.1) is 0 Å². The number of ether oxygens (including phenoxy) is 1. The Bertz CT molecular complexity index is 1160. The third-order valence-corrected chi connectivity index (χ3v) is 6.92. The van der Waals surface area contributed by atoms with Crippen LogP contribution in [0, 0.1) is 11.2 Å². The Hall–Kier alpha value is -2.67. The Labute approximate surface area is 181 Å². The summed E-state index contributed by atoms with van der Waals surface area (Å²) in [6.45, 7) is 0. The first kappa shape index (κ1) is 22.1. The highest BCUT2D eigenvalue weighted by Crippen LogP contribution is 2.78. The minimum Gasteiger partial charge on any atom is -0.390 e. The number of amides is 1. The predicted molar refractivity (Wildman–Crippen MR) is 96.3 cm³/mol. The number of fused-ring (bicyclic) bond motifs is 5. The van der Waals surface area contributed by atoms with Crippen LogP contribution in [0.1, 0.15) is 29.7 Å². The highest BCUT2D eigenvalue weighted by Gasteiger charge is 2.88. The molecule has 178 valence electrons. The van der Waals surface area contributed by atoms with Crippen LogP contribution in [0.3, 0.4) is 0 Å². The third-order valence-electron chi connectivity index (χ3n) is 6.92. The summed E-state index contributed by atoms with van der Waals surface area (Å²) in [6.07, 6.45) is -12.3. The van der Waals surface area contributed by atoms with Crippen molar-refractivity contribution in [1.82, 2.24) is 9.78 Å². The highest BCUT2D eigenvalue weighted by molar-refractivity contribution is 6.01. The van der Waals surface area contributed by atoms with E-state index in [2.05, 4.69) is 10.4 Å². The van der Waals surface area contributed by atoms with Gasteiger partial charge in [0.2, 0.25) is 5.91 Å². The number of benzene rings is 1. The van der Waals surface area contributed by atoms with Crippen molar-refractivity contribution in [1.29, 1.82) is 0 Å². The number of halogens is 7. The van der Waals surface area contributed by atoms with E-state index in [0.29, 0.717) is 6.07 Å². The van der Waals surface area contributed by atoms with E-state index in [9.17, 15) is 40.6 Å². The Morgan fingerprint density at radius 3 is 2.58 bits per heavy atom.